The van der Waals surface area contributed by atoms with Gasteiger partial charge in [0, 0.05) is 4.47 Å². The number of aromatic amines is 1. The molecule has 2 heterocycles. The molecule has 18 heavy (non-hydrogen) atoms. The van der Waals surface area contributed by atoms with Gasteiger partial charge in [-0.1, -0.05) is 22.9 Å². The van der Waals surface area contributed by atoms with Crippen molar-refractivity contribution < 1.29 is 0 Å². The summed E-state index contributed by atoms with van der Waals surface area (Å²) in [6.45, 7) is 4.27. The maximum atomic E-state index is 4.74. The minimum absolute atomic E-state index is 0.984. The first kappa shape index (κ1) is 11.9. The molecule has 0 aliphatic rings. The van der Waals surface area contributed by atoms with Gasteiger partial charge in [-0.2, -0.15) is 0 Å². The van der Waals surface area contributed by atoms with E-state index in [9.17, 15) is 0 Å². The van der Waals surface area contributed by atoms with Gasteiger partial charge in [-0.15, -0.1) is 11.3 Å². The third-order valence-corrected chi connectivity index (χ3v) is 4.51. The molecule has 0 amide bonds. The molecule has 0 radical (unpaired) electrons. The van der Waals surface area contributed by atoms with Gasteiger partial charge in [-0.05, 0) is 48.1 Å². The van der Waals surface area contributed by atoms with Gasteiger partial charge in [0.15, 0.2) is 0 Å². The summed E-state index contributed by atoms with van der Waals surface area (Å²) in [7, 11) is 0. The zero-order valence-electron chi connectivity index (χ0n) is 10.2. The number of thiophene rings is 1. The van der Waals surface area contributed by atoms with Crippen LogP contribution in [-0.2, 0) is 6.42 Å². The van der Waals surface area contributed by atoms with Crippen molar-refractivity contribution in [1.82, 2.24) is 9.97 Å². The van der Waals surface area contributed by atoms with Crippen LogP contribution in [0.1, 0.15) is 18.1 Å². The van der Waals surface area contributed by atoms with E-state index >= 15 is 0 Å². The Morgan fingerprint density at radius 2 is 2.22 bits per heavy atom. The summed E-state index contributed by atoms with van der Waals surface area (Å²) in [5.74, 6) is 0.984. The molecule has 0 fully saturated rings. The molecule has 0 saturated heterocycles. The van der Waals surface area contributed by atoms with Crippen LogP contribution in [-0.4, -0.2) is 9.97 Å². The van der Waals surface area contributed by atoms with Crippen LogP contribution < -0.4 is 0 Å². The van der Waals surface area contributed by atoms with E-state index in [1.165, 1.54) is 16.0 Å². The Kier molecular flexibility index (Phi) is 2.99. The molecule has 1 N–H and O–H groups in total. The van der Waals surface area contributed by atoms with Gasteiger partial charge in [0.1, 0.15) is 5.82 Å². The average Bonchev–Trinajstić information content (AvgIpc) is 2.92. The number of aryl methyl sites for hydroxylation is 2. The molecular formula is C14H13BrN2S. The van der Waals surface area contributed by atoms with Crippen molar-refractivity contribution in [2.75, 3.05) is 0 Å². The summed E-state index contributed by atoms with van der Waals surface area (Å²) in [4.78, 5) is 9.42. The Balaban J connectivity index is 2.22. The van der Waals surface area contributed by atoms with E-state index in [0.29, 0.717) is 0 Å². The number of H-pyrrole nitrogens is 1. The van der Waals surface area contributed by atoms with Crippen molar-refractivity contribution in [3.8, 4) is 10.7 Å². The van der Waals surface area contributed by atoms with E-state index in [-0.39, 0.29) is 0 Å². The summed E-state index contributed by atoms with van der Waals surface area (Å²) in [5, 5.41) is 2.13. The predicted molar refractivity (Wildman–Crippen MR) is 81.2 cm³/mol. The minimum atomic E-state index is 0.984. The molecule has 1 aromatic carbocycles. The highest BCUT2D eigenvalue weighted by Gasteiger charge is 2.12. The highest BCUT2D eigenvalue weighted by Crippen LogP contribution is 2.31. The van der Waals surface area contributed by atoms with Crippen molar-refractivity contribution in [2.45, 2.75) is 20.3 Å². The molecule has 2 nitrogen and oxygen atoms in total. The molecule has 92 valence electrons. The molecule has 0 atom stereocenters. The van der Waals surface area contributed by atoms with Gasteiger partial charge >= 0.3 is 0 Å². The largest absolute Gasteiger partial charge is 0.337 e. The predicted octanol–water partition coefficient (Wildman–Crippen LogP) is 4.92. The molecule has 0 aliphatic heterocycles. The Hall–Kier alpha value is -1.13. The summed E-state index contributed by atoms with van der Waals surface area (Å²) >= 11 is 5.27. The van der Waals surface area contributed by atoms with Crippen LogP contribution in [0.25, 0.3) is 21.7 Å². The van der Waals surface area contributed by atoms with Crippen molar-refractivity contribution in [2.24, 2.45) is 0 Å². The van der Waals surface area contributed by atoms with Crippen LogP contribution in [0.3, 0.4) is 0 Å². The molecule has 0 bridgehead atoms. The average molecular weight is 321 g/mol. The molecule has 0 saturated carbocycles. The van der Waals surface area contributed by atoms with Crippen LogP contribution >= 0.6 is 27.3 Å². The summed E-state index contributed by atoms with van der Waals surface area (Å²) in [5.41, 5.74) is 4.70. The Labute approximate surface area is 118 Å². The monoisotopic (exact) mass is 320 g/mol. The lowest BCUT2D eigenvalue weighted by atomic mass is 10.2. The highest BCUT2D eigenvalue weighted by atomic mass is 79.9. The number of nitrogens with one attached hydrogen (secondary N) is 1. The topological polar surface area (TPSA) is 28.7 Å². The van der Waals surface area contributed by atoms with Crippen LogP contribution in [0.4, 0.5) is 0 Å². The molecule has 0 spiro atoms. The SMILES string of the molecule is CCc1ccsc1-c1nc2c(C)cc(Br)cc2[nH]1. The molecule has 0 aliphatic carbocycles. The number of hydrogen-bond acceptors (Lipinski definition) is 2. The fraction of sp³-hybridized carbons (Fsp3) is 0.214. The smallest absolute Gasteiger partial charge is 0.148 e. The van der Waals surface area contributed by atoms with Crippen molar-refractivity contribution in [3.05, 3.63) is 39.2 Å². The van der Waals surface area contributed by atoms with Gasteiger partial charge < -0.3 is 4.98 Å². The zero-order chi connectivity index (χ0) is 12.7. The molecule has 2 aromatic heterocycles. The van der Waals surface area contributed by atoms with E-state index < -0.39 is 0 Å². The second-order valence-corrected chi connectivity index (χ2v) is 6.16. The number of halogens is 1. The molecule has 4 heteroatoms. The molecule has 0 unspecified atom stereocenters. The highest BCUT2D eigenvalue weighted by molar-refractivity contribution is 9.10. The molecule has 3 rings (SSSR count). The number of rotatable bonds is 2. The Bertz CT molecular complexity index is 712. The van der Waals surface area contributed by atoms with Crippen LogP contribution in [0.15, 0.2) is 28.1 Å². The third kappa shape index (κ3) is 1.89. The quantitative estimate of drug-likeness (QED) is 0.713. The number of imidazole rings is 1. The Morgan fingerprint density at radius 3 is 3.00 bits per heavy atom. The minimum Gasteiger partial charge on any atom is -0.337 e. The first-order valence-corrected chi connectivity index (χ1v) is 7.59. The zero-order valence-corrected chi connectivity index (χ0v) is 12.7. The standard InChI is InChI=1S/C14H13BrN2S/c1-3-9-4-5-18-13(9)14-16-11-7-10(15)6-8(2)12(11)17-14/h4-7H,3H2,1-2H3,(H,16,17). The Morgan fingerprint density at radius 1 is 1.39 bits per heavy atom. The van der Waals surface area contributed by atoms with Gasteiger partial charge in [-0.25, -0.2) is 4.98 Å². The molecule has 3 aromatic rings. The summed E-state index contributed by atoms with van der Waals surface area (Å²) in [6.07, 6.45) is 1.04. The van der Waals surface area contributed by atoms with E-state index in [0.717, 1.165) is 27.8 Å². The van der Waals surface area contributed by atoms with Gasteiger partial charge in [0.05, 0.1) is 15.9 Å². The van der Waals surface area contributed by atoms with E-state index in [2.05, 4.69) is 58.3 Å². The maximum absolute atomic E-state index is 4.74. The van der Waals surface area contributed by atoms with Gasteiger partial charge in [0.2, 0.25) is 0 Å². The van der Waals surface area contributed by atoms with Crippen LogP contribution in [0, 0.1) is 6.92 Å². The van der Waals surface area contributed by atoms with Crippen molar-refractivity contribution in [3.63, 3.8) is 0 Å². The van der Waals surface area contributed by atoms with Crippen LogP contribution in [0.2, 0.25) is 0 Å². The normalized spacial score (nSPS) is 11.3. The van der Waals surface area contributed by atoms with E-state index in [4.69, 9.17) is 4.98 Å². The van der Waals surface area contributed by atoms with Gasteiger partial charge in [0.25, 0.3) is 0 Å². The summed E-state index contributed by atoms with van der Waals surface area (Å²) in [6, 6.07) is 6.36. The number of aromatic nitrogens is 2. The van der Waals surface area contributed by atoms with E-state index in [1.807, 2.05) is 0 Å². The fourth-order valence-corrected chi connectivity index (χ4v) is 3.69. The second kappa shape index (κ2) is 4.52. The number of fused-ring (bicyclic) bond motifs is 1. The lowest BCUT2D eigenvalue weighted by Gasteiger charge is -1.95. The lowest BCUT2D eigenvalue weighted by Crippen LogP contribution is -1.82. The first-order valence-electron chi connectivity index (χ1n) is 5.91. The van der Waals surface area contributed by atoms with E-state index in [1.54, 1.807) is 11.3 Å². The third-order valence-electron chi connectivity index (χ3n) is 3.08. The first-order chi connectivity index (χ1) is 8.69. The van der Waals surface area contributed by atoms with Crippen molar-refractivity contribution >= 4 is 38.3 Å². The fourth-order valence-electron chi connectivity index (χ4n) is 2.18. The number of nitrogens with zero attached hydrogens (tertiary/aromatic N) is 1. The van der Waals surface area contributed by atoms with Gasteiger partial charge in [-0.3, -0.25) is 0 Å². The van der Waals surface area contributed by atoms with Crippen molar-refractivity contribution in [1.29, 1.82) is 0 Å². The lowest BCUT2D eigenvalue weighted by molar-refractivity contribution is 1.15. The second-order valence-electron chi connectivity index (χ2n) is 4.33. The number of hydrogen-bond donors (Lipinski definition) is 1. The van der Waals surface area contributed by atoms with Crippen LogP contribution in [0.5, 0.6) is 0 Å². The summed E-state index contributed by atoms with van der Waals surface area (Å²) < 4.78 is 1.09. The molecular weight excluding hydrogens is 308 g/mol. The number of benzene rings is 1. The maximum Gasteiger partial charge on any atom is 0.148 e.